The van der Waals surface area contributed by atoms with Crippen LogP contribution in [0.4, 0.5) is 14.5 Å². The number of amides is 2. The molecule has 40 heavy (non-hydrogen) atoms. The Bertz CT molecular complexity index is 1680. The second-order valence-electron chi connectivity index (χ2n) is 10.0. The Morgan fingerprint density at radius 2 is 1.60 bits per heavy atom. The van der Waals surface area contributed by atoms with Gasteiger partial charge in [-0.2, -0.15) is 0 Å². The summed E-state index contributed by atoms with van der Waals surface area (Å²) in [5.41, 5.74) is 0.653. The summed E-state index contributed by atoms with van der Waals surface area (Å²) in [4.78, 5) is 27.5. The van der Waals surface area contributed by atoms with Gasteiger partial charge >= 0.3 is 0 Å². The number of anilines is 1. The SMILES string of the molecule is Cc1ccc(Oc2ccc(F)cc2[C@H]2NC(=O)C[C@@H](c3cc(Cl)ccc3F)[C@]23C(=O)Nc2cc(Cl)ccc23)cc1. The first-order valence-corrected chi connectivity index (χ1v) is 13.3. The van der Waals surface area contributed by atoms with Gasteiger partial charge in [-0.05, 0) is 78.7 Å². The third-order valence-corrected chi connectivity index (χ3v) is 8.09. The molecule has 2 aliphatic heterocycles. The van der Waals surface area contributed by atoms with E-state index in [4.69, 9.17) is 27.9 Å². The van der Waals surface area contributed by atoms with E-state index in [0.717, 1.165) is 5.56 Å². The molecule has 0 aliphatic carbocycles. The van der Waals surface area contributed by atoms with Crippen LogP contribution >= 0.6 is 23.2 Å². The molecule has 0 saturated carbocycles. The summed E-state index contributed by atoms with van der Waals surface area (Å²) in [6.07, 6.45) is -0.216. The third kappa shape index (κ3) is 4.30. The molecule has 2 heterocycles. The van der Waals surface area contributed by atoms with Gasteiger partial charge in [0.05, 0.1) is 6.04 Å². The number of hydrogen-bond donors (Lipinski definition) is 2. The molecule has 0 unspecified atom stereocenters. The standard InChI is InChI=1S/C31H22Cl2F2N2O3/c1-16-2-7-20(8-3-16)40-27-11-6-19(34)14-22(27)29-31(23-9-4-18(33)13-26(23)36-30(31)39)24(15-28(38)37-29)21-12-17(32)5-10-25(21)35/h2-14,24,29H,15H2,1H3,(H,36,39)(H,37,38)/t24-,29+,31-/m0/s1. The number of carbonyl (C=O) groups is 2. The first kappa shape index (κ1) is 26.3. The predicted octanol–water partition coefficient (Wildman–Crippen LogP) is 7.61. The molecule has 1 spiro atoms. The number of piperidine rings is 1. The number of aryl methyl sites for hydroxylation is 1. The predicted molar refractivity (Wildman–Crippen MR) is 149 cm³/mol. The smallest absolute Gasteiger partial charge is 0.238 e. The third-order valence-electron chi connectivity index (χ3n) is 7.62. The molecule has 2 aliphatic rings. The highest BCUT2D eigenvalue weighted by Gasteiger charge is 2.62. The Labute approximate surface area is 239 Å². The van der Waals surface area contributed by atoms with Crippen LogP contribution in [0.2, 0.25) is 10.0 Å². The van der Waals surface area contributed by atoms with Crippen LogP contribution in [0.3, 0.4) is 0 Å². The van der Waals surface area contributed by atoms with E-state index in [0.29, 0.717) is 22.0 Å². The van der Waals surface area contributed by atoms with E-state index in [1.165, 1.54) is 36.4 Å². The van der Waals surface area contributed by atoms with Crippen molar-refractivity contribution in [1.82, 2.24) is 5.32 Å². The van der Waals surface area contributed by atoms with Crippen molar-refractivity contribution < 1.29 is 23.1 Å². The molecule has 1 fully saturated rings. The number of halogens is 4. The zero-order chi connectivity index (χ0) is 28.2. The summed E-state index contributed by atoms with van der Waals surface area (Å²) in [5, 5.41) is 6.42. The quantitative estimate of drug-likeness (QED) is 0.262. The van der Waals surface area contributed by atoms with E-state index in [-0.39, 0.29) is 28.3 Å². The molecule has 0 radical (unpaired) electrons. The number of ether oxygens (including phenoxy) is 1. The maximum Gasteiger partial charge on any atom is 0.238 e. The molecule has 1 saturated heterocycles. The van der Waals surface area contributed by atoms with Crippen molar-refractivity contribution in [2.24, 2.45) is 0 Å². The van der Waals surface area contributed by atoms with E-state index in [2.05, 4.69) is 10.6 Å². The van der Waals surface area contributed by atoms with Gasteiger partial charge in [-0.1, -0.05) is 47.0 Å². The van der Waals surface area contributed by atoms with E-state index >= 15 is 4.39 Å². The fourth-order valence-electron chi connectivity index (χ4n) is 5.87. The van der Waals surface area contributed by atoms with Gasteiger partial charge in [-0.15, -0.1) is 0 Å². The van der Waals surface area contributed by atoms with Gasteiger partial charge in [-0.25, -0.2) is 8.78 Å². The fraction of sp³-hybridized carbons (Fsp3) is 0.161. The number of rotatable bonds is 4. The van der Waals surface area contributed by atoms with E-state index < -0.39 is 40.8 Å². The Hall–Kier alpha value is -3.94. The Balaban J connectivity index is 1.62. The lowest BCUT2D eigenvalue weighted by Gasteiger charge is -2.46. The minimum Gasteiger partial charge on any atom is -0.457 e. The molecule has 0 bridgehead atoms. The van der Waals surface area contributed by atoms with Crippen molar-refractivity contribution in [2.75, 3.05) is 5.32 Å². The number of nitrogens with one attached hydrogen (secondary N) is 2. The molecule has 202 valence electrons. The molecule has 6 rings (SSSR count). The van der Waals surface area contributed by atoms with Crippen LogP contribution in [0.5, 0.6) is 11.5 Å². The van der Waals surface area contributed by atoms with Crippen molar-refractivity contribution in [3.05, 3.63) is 123 Å². The molecule has 9 heteroatoms. The van der Waals surface area contributed by atoms with Gasteiger partial charge < -0.3 is 15.4 Å². The molecular formula is C31H22Cl2F2N2O3. The van der Waals surface area contributed by atoms with Crippen LogP contribution in [-0.2, 0) is 15.0 Å². The zero-order valence-electron chi connectivity index (χ0n) is 21.1. The fourth-order valence-corrected chi connectivity index (χ4v) is 6.23. The van der Waals surface area contributed by atoms with E-state index in [1.807, 2.05) is 19.1 Å². The molecule has 0 aromatic heterocycles. The minimum absolute atomic E-state index is 0.0997. The van der Waals surface area contributed by atoms with Crippen LogP contribution in [-0.4, -0.2) is 11.8 Å². The van der Waals surface area contributed by atoms with Crippen LogP contribution in [0.25, 0.3) is 0 Å². The van der Waals surface area contributed by atoms with Crippen LogP contribution in [0, 0.1) is 18.6 Å². The topological polar surface area (TPSA) is 67.4 Å². The van der Waals surface area contributed by atoms with Gasteiger partial charge in [0.15, 0.2) is 0 Å². The second-order valence-corrected chi connectivity index (χ2v) is 10.9. The number of fused-ring (bicyclic) bond motifs is 2. The summed E-state index contributed by atoms with van der Waals surface area (Å²) in [7, 11) is 0. The number of benzene rings is 4. The van der Waals surface area contributed by atoms with Gasteiger partial charge in [0.1, 0.15) is 28.5 Å². The van der Waals surface area contributed by atoms with E-state index in [1.54, 1.807) is 30.3 Å². The molecule has 2 amide bonds. The van der Waals surface area contributed by atoms with Crippen LogP contribution in [0.15, 0.2) is 78.9 Å². The number of hydrogen-bond acceptors (Lipinski definition) is 3. The van der Waals surface area contributed by atoms with Crippen molar-refractivity contribution in [3.63, 3.8) is 0 Å². The maximum atomic E-state index is 15.4. The summed E-state index contributed by atoms with van der Waals surface area (Å²) in [5.74, 6) is -2.44. The summed E-state index contributed by atoms with van der Waals surface area (Å²) in [6.45, 7) is 1.94. The Morgan fingerprint density at radius 1 is 0.875 bits per heavy atom. The second kappa shape index (κ2) is 9.91. The Morgan fingerprint density at radius 3 is 2.38 bits per heavy atom. The lowest BCUT2D eigenvalue weighted by atomic mass is 9.59. The molecular weight excluding hydrogens is 557 g/mol. The summed E-state index contributed by atoms with van der Waals surface area (Å²) >= 11 is 12.5. The molecule has 3 atom stereocenters. The van der Waals surface area contributed by atoms with Crippen molar-refractivity contribution in [3.8, 4) is 11.5 Å². The normalized spacial score (nSPS) is 21.6. The molecule has 2 N–H and O–H groups in total. The largest absolute Gasteiger partial charge is 0.457 e. The molecule has 4 aromatic carbocycles. The van der Waals surface area contributed by atoms with Gasteiger partial charge in [0, 0.05) is 33.6 Å². The molecule has 5 nitrogen and oxygen atoms in total. The van der Waals surface area contributed by atoms with Crippen molar-refractivity contribution in [2.45, 2.75) is 30.7 Å². The minimum atomic E-state index is -1.60. The highest BCUT2D eigenvalue weighted by molar-refractivity contribution is 6.31. The van der Waals surface area contributed by atoms with Crippen molar-refractivity contribution >= 4 is 40.7 Å². The lowest BCUT2D eigenvalue weighted by molar-refractivity contribution is -0.131. The van der Waals surface area contributed by atoms with Gasteiger partial charge in [-0.3, -0.25) is 9.59 Å². The molecule has 4 aromatic rings. The van der Waals surface area contributed by atoms with E-state index in [9.17, 15) is 14.0 Å². The number of carbonyl (C=O) groups excluding carboxylic acids is 2. The highest BCUT2D eigenvalue weighted by atomic mass is 35.5. The van der Waals surface area contributed by atoms with Gasteiger partial charge in [0.2, 0.25) is 11.8 Å². The average Bonchev–Trinajstić information content (AvgIpc) is 3.20. The Kier molecular flexibility index (Phi) is 6.51. The summed E-state index contributed by atoms with van der Waals surface area (Å²) < 4.78 is 36.5. The van der Waals surface area contributed by atoms with Crippen LogP contribution in [0.1, 0.15) is 40.6 Å². The van der Waals surface area contributed by atoms with Gasteiger partial charge in [0.25, 0.3) is 0 Å². The lowest BCUT2D eigenvalue weighted by Crippen LogP contribution is -2.57. The van der Waals surface area contributed by atoms with Crippen LogP contribution < -0.4 is 15.4 Å². The average molecular weight is 579 g/mol. The monoisotopic (exact) mass is 578 g/mol. The summed E-state index contributed by atoms with van der Waals surface area (Å²) in [6, 6.07) is 19.0. The van der Waals surface area contributed by atoms with Crippen molar-refractivity contribution in [1.29, 1.82) is 0 Å². The zero-order valence-corrected chi connectivity index (χ0v) is 22.6. The first-order valence-electron chi connectivity index (χ1n) is 12.6. The maximum absolute atomic E-state index is 15.4. The first-order chi connectivity index (χ1) is 19.2. The highest BCUT2D eigenvalue weighted by Crippen LogP contribution is 2.59.